The van der Waals surface area contributed by atoms with Crippen molar-refractivity contribution in [2.45, 2.75) is 19.9 Å². The number of carbonyl (C=O) groups excluding carboxylic acids is 1. The second-order valence-corrected chi connectivity index (χ2v) is 5.67. The van der Waals surface area contributed by atoms with Crippen molar-refractivity contribution >= 4 is 17.2 Å². The lowest BCUT2D eigenvalue weighted by molar-refractivity contribution is 0.0940. The standard InChI is InChI=1S/C17H18N2OS/c1-12-6-3-4-8-16(12)13(2)19-17(20)14-10-15(21-11-14)7-5-9-18/h3-4,6,8,10-11,13H,9,18H2,1-2H3,(H,19,20). The highest BCUT2D eigenvalue weighted by atomic mass is 32.1. The highest BCUT2D eigenvalue weighted by molar-refractivity contribution is 7.10. The summed E-state index contributed by atoms with van der Waals surface area (Å²) in [5.74, 6) is 5.64. The van der Waals surface area contributed by atoms with E-state index in [9.17, 15) is 4.79 Å². The molecule has 1 aromatic carbocycles. The molecule has 0 fully saturated rings. The molecular weight excluding hydrogens is 280 g/mol. The van der Waals surface area contributed by atoms with Crippen molar-refractivity contribution in [1.82, 2.24) is 5.32 Å². The summed E-state index contributed by atoms with van der Waals surface area (Å²) in [6.07, 6.45) is 0. The van der Waals surface area contributed by atoms with Crippen molar-refractivity contribution in [1.29, 1.82) is 0 Å². The van der Waals surface area contributed by atoms with Crippen molar-refractivity contribution in [3.05, 3.63) is 57.3 Å². The Bertz CT molecular complexity index is 694. The van der Waals surface area contributed by atoms with Gasteiger partial charge in [0.25, 0.3) is 5.91 Å². The molecule has 1 aromatic heterocycles. The summed E-state index contributed by atoms with van der Waals surface area (Å²) in [5.41, 5.74) is 8.28. The Labute approximate surface area is 129 Å². The highest BCUT2D eigenvalue weighted by Gasteiger charge is 2.13. The third kappa shape index (κ3) is 3.94. The van der Waals surface area contributed by atoms with E-state index in [-0.39, 0.29) is 11.9 Å². The number of rotatable bonds is 3. The molecule has 0 saturated heterocycles. The van der Waals surface area contributed by atoms with Gasteiger partial charge in [0.05, 0.1) is 23.0 Å². The second-order valence-electron chi connectivity index (χ2n) is 4.76. The lowest BCUT2D eigenvalue weighted by atomic mass is 10.0. The van der Waals surface area contributed by atoms with Gasteiger partial charge in [0.1, 0.15) is 0 Å². The van der Waals surface area contributed by atoms with Crippen LogP contribution in [0.15, 0.2) is 35.7 Å². The third-order valence-electron chi connectivity index (χ3n) is 3.18. The number of aryl methyl sites for hydroxylation is 1. The van der Waals surface area contributed by atoms with E-state index in [2.05, 4.69) is 17.2 Å². The van der Waals surface area contributed by atoms with Crippen molar-refractivity contribution in [3.8, 4) is 11.8 Å². The number of nitrogens with two attached hydrogens (primary N) is 1. The average Bonchev–Trinajstić information content (AvgIpc) is 2.94. The SMILES string of the molecule is Cc1ccccc1C(C)NC(=O)c1csc(C#CCN)c1. The van der Waals surface area contributed by atoms with Crippen LogP contribution in [0.25, 0.3) is 0 Å². The van der Waals surface area contributed by atoms with Crippen LogP contribution in [0.1, 0.15) is 39.3 Å². The van der Waals surface area contributed by atoms with Gasteiger partial charge >= 0.3 is 0 Å². The minimum Gasteiger partial charge on any atom is -0.345 e. The predicted molar refractivity (Wildman–Crippen MR) is 87.3 cm³/mol. The Morgan fingerprint density at radius 1 is 1.43 bits per heavy atom. The van der Waals surface area contributed by atoms with E-state index in [1.165, 1.54) is 16.9 Å². The normalized spacial score (nSPS) is 11.4. The van der Waals surface area contributed by atoms with Crippen LogP contribution in [0.5, 0.6) is 0 Å². The Morgan fingerprint density at radius 3 is 2.90 bits per heavy atom. The first kappa shape index (κ1) is 15.3. The fourth-order valence-corrected chi connectivity index (χ4v) is 2.84. The summed E-state index contributed by atoms with van der Waals surface area (Å²) in [4.78, 5) is 13.1. The topological polar surface area (TPSA) is 55.1 Å². The molecule has 0 spiro atoms. The molecule has 108 valence electrons. The first-order chi connectivity index (χ1) is 10.1. The first-order valence-electron chi connectivity index (χ1n) is 6.75. The molecule has 1 heterocycles. The van der Waals surface area contributed by atoms with E-state index in [0.29, 0.717) is 12.1 Å². The van der Waals surface area contributed by atoms with Gasteiger partial charge in [-0.1, -0.05) is 36.1 Å². The van der Waals surface area contributed by atoms with Crippen LogP contribution in [0, 0.1) is 18.8 Å². The largest absolute Gasteiger partial charge is 0.345 e. The molecule has 2 rings (SSSR count). The maximum atomic E-state index is 12.2. The number of nitrogens with one attached hydrogen (secondary N) is 1. The number of amides is 1. The molecular formula is C17H18N2OS. The van der Waals surface area contributed by atoms with Crippen LogP contribution in [-0.4, -0.2) is 12.5 Å². The van der Waals surface area contributed by atoms with Crippen molar-refractivity contribution < 1.29 is 4.79 Å². The zero-order chi connectivity index (χ0) is 15.2. The first-order valence-corrected chi connectivity index (χ1v) is 7.63. The van der Waals surface area contributed by atoms with Crippen molar-refractivity contribution in [3.63, 3.8) is 0 Å². The third-order valence-corrected chi connectivity index (χ3v) is 4.02. The van der Waals surface area contributed by atoms with Gasteiger partial charge in [-0.15, -0.1) is 11.3 Å². The van der Waals surface area contributed by atoms with E-state index in [1.807, 2.05) is 43.5 Å². The number of benzene rings is 1. The fraction of sp³-hybridized carbons (Fsp3) is 0.235. The summed E-state index contributed by atoms with van der Waals surface area (Å²) in [6.45, 7) is 4.36. The van der Waals surface area contributed by atoms with Crippen LogP contribution < -0.4 is 11.1 Å². The monoisotopic (exact) mass is 298 g/mol. The molecule has 4 heteroatoms. The Morgan fingerprint density at radius 2 is 2.19 bits per heavy atom. The van der Waals surface area contributed by atoms with E-state index >= 15 is 0 Å². The molecule has 0 saturated carbocycles. The summed E-state index contributed by atoms with van der Waals surface area (Å²) in [7, 11) is 0. The maximum Gasteiger partial charge on any atom is 0.252 e. The van der Waals surface area contributed by atoms with Gasteiger partial charge in [-0.25, -0.2) is 0 Å². The molecule has 0 aliphatic carbocycles. The van der Waals surface area contributed by atoms with Gasteiger partial charge in [0, 0.05) is 5.38 Å². The Balaban J connectivity index is 2.07. The number of carbonyl (C=O) groups is 1. The van der Waals surface area contributed by atoms with Gasteiger partial charge in [0.2, 0.25) is 0 Å². The fourth-order valence-electron chi connectivity index (χ4n) is 2.09. The van der Waals surface area contributed by atoms with E-state index in [4.69, 9.17) is 5.73 Å². The minimum absolute atomic E-state index is 0.0304. The van der Waals surface area contributed by atoms with Gasteiger partial charge < -0.3 is 11.1 Å². The molecule has 3 N–H and O–H groups in total. The second kappa shape index (κ2) is 7.07. The van der Waals surface area contributed by atoms with Crippen LogP contribution in [-0.2, 0) is 0 Å². The maximum absolute atomic E-state index is 12.2. The van der Waals surface area contributed by atoms with Gasteiger partial charge in [-0.2, -0.15) is 0 Å². The molecule has 0 aliphatic rings. The molecule has 1 atom stereocenters. The summed E-state index contributed by atoms with van der Waals surface area (Å²) in [5, 5.41) is 4.84. The summed E-state index contributed by atoms with van der Waals surface area (Å²) in [6, 6.07) is 9.82. The molecule has 0 bridgehead atoms. The molecule has 3 nitrogen and oxygen atoms in total. The smallest absolute Gasteiger partial charge is 0.252 e. The molecule has 1 amide bonds. The highest BCUT2D eigenvalue weighted by Crippen LogP contribution is 2.19. The summed E-state index contributed by atoms with van der Waals surface area (Å²) >= 11 is 1.45. The van der Waals surface area contributed by atoms with Gasteiger partial charge in [-0.05, 0) is 31.0 Å². The van der Waals surface area contributed by atoms with Crippen molar-refractivity contribution in [2.24, 2.45) is 5.73 Å². The van der Waals surface area contributed by atoms with Crippen LogP contribution in [0.3, 0.4) is 0 Å². The Hall–Kier alpha value is -2.09. The van der Waals surface area contributed by atoms with E-state index in [0.717, 1.165) is 10.4 Å². The van der Waals surface area contributed by atoms with Gasteiger partial charge in [0.15, 0.2) is 0 Å². The zero-order valence-electron chi connectivity index (χ0n) is 12.1. The quantitative estimate of drug-likeness (QED) is 0.856. The molecule has 2 aromatic rings. The molecule has 0 radical (unpaired) electrons. The van der Waals surface area contributed by atoms with Crippen molar-refractivity contribution in [2.75, 3.05) is 6.54 Å². The average molecular weight is 298 g/mol. The van der Waals surface area contributed by atoms with Gasteiger partial charge in [-0.3, -0.25) is 4.79 Å². The molecule has 1 unspecified atom stereocenters. The van der Waals surface area contributed by atoms with E-state index in [1.54, 1.807) is 6.07 Å². The molecule has 0 aliphatic heterocycles. The van der Waals surface area contributed by atoms with Crippen LogP contribution in [0.4, 0.5) is 0 Å². The minimum atomic E-state index is -0.0807. The number of thiophene rings is 1. The lowest BCUT2D eigenvalue weighted by Crippen LogP contribution is -2.26. The van der Waals surface area contributed by atoms with E-state index < -0.39 is 0 Å². The molecule has 21 heavy (non-hydrogen) atoms. The number of hydrogen-bond donors (Lipinski definition) is 2. The van der Waals surface area contributed by atoms with Crippen LogP contribution >= 0.6 is 11.3 Å². The Kier molecular flexibility index (Phi) is 5.15. The number of hydrogen-bond acceptors (Lipinski definition) is 3. The predicted octanol–water partition coefficient (Wildman–Crippen LogP) is 2.86. The van der Waals surface area contributed by atoms with Crippen LogP contribution in [0.2, 0.25) is 0 Å². The summed E-state index contributed by atoms with van der Waals surface area (Å²) < 4.78 is 0. The lowest BCUT2D eigenvalue weighted by Gasteiger charge is -2.16. The zero-order valence-corrected chi connectivity index (χ0v) is 13.0.